The Balaban J connectivity index is 2.19. The van der Waals surface area contributed by atoms with Crippen LogP contribution in [0.15, 0.2) is 11.0 Å². The zero-order valence-electron chi connectivity index (χ0n) is 15.4. The number of sulfonamides is 1. The second-order valence-electron chi connectivity index (χ2n) is 6.77. The maximum absolute atomic E-state index is 13.5. The van der Waals surface area contributed by atoms with Gasteiger partial charge in [0, 0.05) is 0 Å². The second-order valence-corrected chi connectivity index (χ2v) is 8.60. The summed E-state index contributed by atoms with van der Waals surface area (Å²) < 4.78 is 29.6. The molecule has 140 valence electrons. The molecule has 1 aromatic carbocycles. The Kier molecular flexibility index (Phi) is 4.40. The highest BCUT2D eigenvalue weighted by Crippen LogP contribution is 2.32. The van der Waals surface area contributed by atoms with Gasteiger partial charge in [0.2, 0.25) is 10.0 Å². The molecule has 1 aliphatic rings. The first-order valence-corrected chi connectivity index (χ1v) is 9.70. The molecule has 0 saturated carbocycles. The van der Waals surface area contributed by atoms with Gasteiger partial charge in [0.05, 0.1) is 18.0 Å². The molecule has 2 aromatic rings. The van der Waals surface area contributed by atoms with Crippen LogP contribution >= 0.6 is 0 Å². The molecule has 26 heavy (non-hydrogen) atoms. The number of hydrogen-bond donors (Lipinski definition) is 1. The van der Waals surface area contributed by atoms with E-state index in [9.17, 15) is 18.3 Å². The van der Waals surface area contributed by atoms with Crippen LogP contribution in [-0.2, 0) is 27.9 Å². The van der Waals surface area contributed by atoms with Crippen molar-refractivity contribution in [2.24, 2.45) is 0 Å². The number of carboxylic acid groups (broad SMARTS) is 1. The smallest absolute Gasteiger partial charge is 0.323 e. The van der Waals surface area contributed by atoms with E-state index in [0.717, 1.165) is 15.4 Å². The van der Waals surface area contributed by atoms with Crippen molar-refractivity contribution in [1.29, 1.82) is 0 Å². The number of benzene rings is 1. The van der Waals surface area contributed by atoms with E-state index >= 15 is 0 Å². The molecule has 0 saturated heterocycles. The van der Waals surface area contributed by atoms with E-state index in [4.69, 9.17) is 0 Å². The van der Waals surface area contributed by atoms with Gasteiger partial charge in [-0.25, -0.2) is 8.42 Å². The monoisotopic (exact) mass is 378 g/mol. The van der Waals surface area contributed by atoms with Crippen molar-refractivity contribution in [3.05, 3.63) is 40.0 Å². The van der Waals surface area contributed by atoms with E-state index in [1.165, 1.54) is 0 Å². The second kappa shape index (κ2) is 6.17. The number of fused-ring (bicyclic) bond motifs is 1. The van der Waals surface area contributed by atoms with Crippen molar-refractivity contribution in [1.82, 2.24) is 19.1 Å². The lowest BCUT2D eigenvalue weighted by Crippen LogP contribution is -2.50. The van der Waals surface area contributed by atoms with Crippen LogP contribution in [0.25, 0.3) is 0 Å². The van der Waals surface area contributed by atoms with Gasteiger partial charge in [-0.3, -0.25) is 4.79 Å². The molecule has 9 heteroatoms. The highest BCUT2D eigenvalue weighted by Gasteiger charge is 2.42. The fraction of sp³-hybridized carbons (Fsp3) is 0.471. The van der Waals surface area contributed by atoms with Crippen LogP contribution in [0.4, 0.5) is 0 Å². The molecular weight excluding hydrogens is 356 g/mol. The van der Waals surface area contributed by atoms with E-state index in [1.54, 1.807) is 25.3 Å². The number of nitrogens with zero attached hydrogens (tertiary/aromatic N) is 4. The Morgan fingerprint density at radius 1 is 1.12 bits per heavy atom. The molecule has 1 aromatic heterocycles. The first-order valence-electron chi connectivity index (χ1n) is 8.26. The minimum absolute atomic E-state index is 0.00831. The lowest BCUT2D eigenvalue weighted by atomic mass is 10.0. The Morgan fingerprint density at radius 3 is 2.23 bits per heavy atom. The average molecular weight is 378 g/mol. The van der Waals surface area contributed by atoms with Crippen LogP contribution in [0, 0.1) is 34.6 Å². The first-order chi connectivity index (χ1) is 12.1. The van der Waals surface area contributed by atoms with E-state index in [1.807, 2.05) is 19.9 Å². The summed E-state index contributed by atoms with van der Waals surface area (Å²) >= 11 is 0. The molecule has 2 heterocycles. The molecule has 0 radical (unpaired) electrons. The summed E-state index contributed by atoms with van der Waals surface area (Å²) in [5, 5.41) is 17.6. The quantitative estimate of drug-likeness (QED) is 0.867. The van der Waals surface area contributed by atoms with Crippen LogP contribution in [-0.4, -0.2) is 44.6 Å². The average Bonchev–Trinajstić information content (AvgIpc) is 2.92. The molecule has 8 nitrogen and oxygen atoms in total. The number of aryl methyl sites for hydroxylation is 3. The summed E-state index contributed by atoms with van der Waals surface area (Å²) in [4.78, 5) is 12.0. The molecule has 0 aliphatic carbocycles. The van der Waals surface area contributed by atoms with E-state index in [-0.39, 0.29) is 18.0 Å². The minimum Gasteiger partial charge on any atom is -0.480 e. The van der Waals surface area contributed by atoms with Gasteiger partial charge < -0.3 is 9.67 Å². The summed E-state index contributed by atoms with van der Waals surface area (Å²) in [5.74, 6) is -0.169. The molecule has 1 unspecified atom stereocenters. The number of carboxylic acids is 1. The fourth-order valence-electron chi connectivity index (χ4n) is 3.43. The number of hydrogen-bond acceptors (Lipinski definition) is 5. The third-order valence-electron chi connectivity index (χ3n) is 5.16. The van der Waals surface area contributed by atoms with Gasteiger partial charge >= 0.3 is 5.97 Å². The molecule has 1 aliphatic heterocycles. The number of carbonyl (C=O) groups is 1. The number of rotatable bonds is 3. The predicted molar refractivity (Wildman–Crippen MR) is 94.3 cm³/mol. The largest absolute Gasteiger partial charge is 0.480 e. The fourth-order valence-corrected chi connectivity index (χ4v) is 5.54. The number of aromatic nitrogens is 3. The van der Waals surface area contributed by atoms with Gasteiger partial charge in [-0.2, -0.15) is 4.31 Å². The lowest BCUT2D eigenvalue weighted by Gasteiger charge is -2.33. The zero-order valence-corrected chi connectivity index (χ0v) is 16.3. The van der Waals surface area contributed by atoms with Gasteiger partial charge in [0.1, 0.15) is 17.7 Å². The van der Waals surface area contributed by atoms with Gasteiger partial charge in [0.15, 0.2) is 0 Å². The first kappa shape index (κ1) is 18.5. The van der Waals surface area contributed by atoms with Crippen molar-refractivity contribution >= 4 is 16.0 Å². The van der Waals surface area contributed by atoms with Crippen LogP contribution in [0.2, 0.25) is 0 Å². The van der Waals surface area contributed by atoms with Crippen molar-refractivity contribution in [2.45, 2.75) is 58.6 Å². The van der Waals surface area contributed by atoms with E-state index in [0.29, 0.717) is 22.8 Å². The lowest BCUT2D eigenvalue weighted by molar-refractivity contribution is -0.142. The highest BCUT2D eigenvalue weighted by molar-refractivity contribution is 7.89. The number of aliphatic carboxylic acids is 1. The Morgan fingerprint density at radius 2 is 1.69 bits per heavy atom. The zero-order chi connectivity index (χ0) is 19.4. The summed E-state index contributed by atoms with van der Waals surface area (Å²) in [6, 6.07) is 0.732. The Hall–Kier alpha value is -2.26. The summed E-state index contributed by atoms with van der Waals surface area (Å²) in [6.07, 6.45) is 0. The van der Waals surface area contributed by atoms with Gasteiger partial charge in [-0.1, -0.05) is 6.07 Å². The predicted octanol–water partition coefficient (Wildman–Crippen LogP) is 1.48. The van der Waals surface area contributed by atoms with Crippen molar-refractivity contribution in [3.63, 3.8) is 0 Å². The third kappa shape index (κ3) is 2.71. The standard InChI is InChI=1S/C17H22N4O4S/c1-9-6-10(2)12(4)16(11(9)3)26(24,25)21-8-15-19-18-13(5)20(15)7-14(21)17(22)23/h6,14H,7-8H2,1-5H3,(H,22,23). The van der Waals surface area contributed by atoms with Crippen molar-refractivity contribution in [3.8, 4) is 0 Å². The highest BCUT2D eigenvalue weighted by atomic mass is 32.2. The normalized spacial score (nSPS) is 18.0. The van der Waals surface area contributed by atoms with Crippen LogP contribution in [0.1, 0.15) is 33.9 Å². The maximum atomic E-state index is 13.5. The molecule has 0 spiro atoms. The third-order valence-corrected chi connectivity index (χ3v) is 7.29. The van der Waals surface area contributed by atoms with E-state index < -0.39 is 22.0 Å². The molecule has 0 bridgehead atoms. The van der Waals surface area contributed by atoms with E-state index in [2.05, 4.69) is 10.2 Å². The molecule has 0 fully saturated rings. The van der Waals surface area contributed by atoms with Crippen molar-refractivity contribution < 1.29 is 18.3 Å². The van der Waals surface area contributed by atoms with Crippen molar-refractivity contribution in [2.75, 3.05) is 0 Å². The molecule has 3 rings (SSSR count). The van der Waals surface area contributed by atoms with Crippen LogP contribution in [0.5, 0.6) is 0 Å². The van der Waals surface area contributed by atoms with Gasteiger partial charge in [-0.05, 0) is 56.9 Å². The summed E-state index contributed by atoms with van der Waals surface area (Å²) in [6.45, 7) is 8.80. The van der Waals surface area contributed by atoms with Crippen LogP contribution in [0.3, 0.4) is 0 Å². The molecule has 1 atom stereocenters. The SMILES string of the molecule is Cc1cc(C)c(C)c(S(=O)(=O)N2Cc3nnc(C)n3CC2C(=O)O)c1C. The molecule has 0 amide bonds. The molecular formula is C17H22N4O4S. The summed E-state index contributed by atoms with van der Waals surface area (Å²) in [5.41, 5.74) is 2.99. The Labute approximate surface area is 152 Å². The topological polar surface area (TPSA) is 105 Å². The maximum Gasteiger partial charge on any atom is 0.323 e. The summed E-state index contributed by atoms with van der Waals surface area (Å²) in [7, 11) is -4.02. The van der Waals surface area contributed by atoms with Gasteiger partial charge in [-0.15, -0.1) is 10.2 Å². The Bertz CT molecular complexity index is 984. The minimum atomic E-state index is -4.02. The van der Waals surface area contributed by atoms with Crippen LogP contribution < -0.4 is 0 Å². The van der Waals surface area contributed by atoms with Gasteiger partial charge in [0.25, 0.3) is 0 Å². The molecule has 1 N–H and O–H groups in total.